The highest BCUT2D eigenvalue weighted by Crippen LogP contribution is 2.46. The van der Waals surface area contributed by atoms with Gasteiger partial charge >= 0.3 is 0 Å². The maximum absolute atomic E-state index is 5.95. The lowest BCUT2D eigenvalue weighted by atomic mass is 9.88. The molecule has 0 spiro atoms. The summed E-state index contributed by atoms with van der Waals surface area (Å²) in [7, 11) is 0. The van der Waals surface area contributed by atoms with Gasteiger partial charge in [0, 0.05) is 17.3 Å². The van der Waals surface area contributed by atoms with Crippen molar-refractivity contribution in [1.29, 1.82) is 0 Å². The van der Waals surface area contributed by atoms with Crippen molar-refractivity contribution in [1.82, 2.24) is 4.98 Å². The molecular weight excluding hydrogens is 448 g/mol. The van der Waals surface area contributed by atoms with Gasteiger partial charge in [0.1, 0.15) is 10.4 Å². The zero-order chi connectivity index (χ0) is 23.6. The highest BCUT2D eigenvalue weighted by atomic mass is 32.2. The number of fused-ring (bicyclic) bond motifs is 2. The number of hydrogen-bond acceptors (Lipinski definition) is 5. The average Bonchev–Trinajstić information content (AvgIpc) is 3.36. The highest BCUT2D eigenvalue weighted by Gasteiger charge is 2.24. The molecule has 0 amide bonds. The molecule has 0 bridgehead atoms. The van der Waals surface area contributed by atoms with Crippen LogP contribution < -0.4 is 11.1 Å². The summed E-state index contributed by atoms with van der Waals surface area (Å²) in [6.45, 7) is 0.227. The molecule has 1 aliphatic rings. The first-order chi connectivity index (χ1) is 17.3. The maximum atomic E-state index is 5.95. The number of aromatic nitrogens is 1. The molecule has 170 valence electrons. The lowest BCUT2D eigenvalue weighted by molar-refractivity contribution is 1.07. The molecule has 0 fully saturated rings. The molecule has 3 N–H and O–H groups in total. The second-order valence-corrected chi connectivity index (χ2v) is 9.48. The summed E-state index contributed by atoms with van der Waals surface area (Å²) in [5, 5.41) is 7.15. The van der Waals surface area contributed by atoms with Gasteiger partial charge in [0.15, 0.2) is 0 Å². The fourth-order valence-corrected chi connectivity index (χ4v) is 5.75. The normalized spacial score (nSPS) is 15.1. The van der Waals surface area contributed by atoms with E-state index in [2.05, 4.69) is 89.2 Å². The van der Waals surface area contributed by atoms with Gasteiger partial charge in [0.2, 0.25) is 0 Å². The molecule has 2 heterocycles. The van der Waals surface area contributed by atoms with Crippen molar-refractivity contribution in [2.75, 3.05) is 12.0 Å². The van der Waals surface area contributed by atoms with E-state index in [0.29, 0.717) is 0 Å². The number of aliphatic imine (C=N–C) groups is 1. The zero-order valence-corrected chi connectivity index (χ0v) is 19.9. The van der Waals surface area contributed by atoms with Crippen LogP contribution in [0.1, 0.15) is 22.1 Å². The first-order valence-electron chi connectivity index (χ1n) is 11.6. The van der Waals surface area contributed by atoms with Crippen LogP contribution in [-0.4, -0.2) is 17.4 Å². The topological polar surface area (TPSA) is 63.3 Å². The van der Waals surface area contributed by atoms with Gasteiger partial charge < -0.3 is 11.1 Å². The molecule has 4 nitrogen and oxygen atoms in total. The van der Waals surface area contributed by atoms with E-state index in [4.69, 9.17) is 10.7 Å². The number of hydrogen-bond donors (Lipinski definition) is 2. The Labute approximate surface area is 209 Å². The van der Waals surface area contributed by atoms with Crippen molar-refractivity contribution in [3.63, 3.8) is 0 Å². The first kappa shape index (κ1) is 21.6. The van der Waals surface area contributed by atoms with Crippen molar-refractivity contribution in [3.05, 3.63) is 126 Å². The number of pyridine rings is 1. The van der Waals surface area contributed by atoms with E-state index in [1.54, 1.807) is 11.8 Å². The smallest absolute Gasteiger partial charge is 0.121 e. The maximum Gasteiger partial charge on any atom is 0.121 e. The van der Waals surface area contributed by atoms with Crippen LogP contribution in [0.15, 0.2) is 119 Å². The van der Waals surface area contributed by atoms with Crippen LogP contribution in [0.5, 0.6) is 0 Å². The van der Waals surface area contributed by atoms with Crippen LogP contribution in [0.25, 0.3) is 21.9 Å². The second kappa shape index (κ2) is 9.37. The Morgan fingerprint density at radius 2 is 1.74 bits per heavy atom. The molecule has 1 aliphatic heterocycles. The van der Waals surface area contributed by atoms with E-state index in [1.165, 1.54) is 21.9 Å². The number of nitrogens with two attached hydrogens (primary N) is 1. The van der Waals surface area contributed by atoms with E-state index in [9.17, 15) is 0 Å². The lowest BCUT2D eigenvalue weighted by Gasteiger charge is -2.18. The Hall–Kier alpha value is -3.93. The van der Waals surface area contributed by atoms with Crippen molar-refractivity contribution in [3.8, 4) is 11.1 Å². The van der Waals surface area contributed by atoms with Crippen LogP contribution >= 0.6 is 11.8 Å². The molecule has 6 rings (SSSR count). The zero-order valence-electron chi connectivity index (χ0n) is 19.1. The molecule has 1 aromatic heterocycles. The molecule has 1 unspecified atom stereocenters. The minimum atomic E-state index is 0.115. The molecular formula is C30H24N4S. The van der Waals surface area contributed by atoms with Gasteiger partial charge in [-0.1, -0.05) is 96.7 Å². The minimum Gasteiger partial charge on any atom is -0.367 e. The summed E-state index contributed by atoms with van der Waals surface area (Å²) in [5.74, 6) is 0. The average molecular weight is 473 g/mol. The van der Waals surface area contributed by atoms with E-state index in [0.717, 1.165) is 33.1 Å². The van der Waals surface area contributed by atoms with E-state index in [-0.39, 0.29) is 12.0 Å². The van der Waals surface area contributed by atoms with Gasteiger partial charge in [-0.25, -0.2) is 4.98 Å². The fraction of sp³-hybridized carbons (Fsp3) is 0.0667. The number of thioether (sulfide) groups is 1. The number of nitrogens with one attached hydrogen (secondary N) is 1. The molecule has 4 aromatic carbocycles. The summed E-state index contributed by atoms with van der Waals surface area (Å²) in [5.41, 5.74) is 13.6. The molecule has 0 saturated heterocycles. The van der Waals surface area contributed by atoms with Gasteiger partial charge in [0.25, 0.3) is 0 Å². The third-order valence-electron chi connectivity index (χ3n) is 6.25. The van der Waals surface area contributed by atoms with E-state index in [1.807, 2.05) is 30.5 Å². The largest absolute Gasteiger partial charge is 0.367 e. The Kier molecular flexibility index (Phi) is 5.78. The summed E-state index contributed by atoms with van der Waals surface area (Å²) >= 11 is 1.75. The summed E-state index contributed by atoms with van der Waals surface area (Å²) in [6.07, 6.45) is 1.84. The number of anilines is 1. The summed E-state index contributed by atoms with van der Waals surface area (Å²) in [4.78, 5) is 9.28. The minimum absolute atomic E-state index is 0.115. The molecule has 0 aliphatic carbocycles. The molecule has 5 heteroatoms. The van der Waals surface area contributed by atoms with Gasteiger partial charge in [-0.3, -0.25) is 4.99 Å². The van der Waals surface area contributed by atoms with Crippen LogP contribution in [-0.2, 0) is 0 Å². The number of nitrogens with zero attached hydrogens (tertiary/aromatic N) is 2. The predicted octanol–water partition coefficient (Wildman–Crippen LogP) is 6.87. The van der Waals surface area contributed by atoms with Crippen molar-refractivity contribution in [2.45, 2.75) is 10.4 Å². The van der Waals surface area contributed by atoms with Gasteiger partial charge in [0.05, 0.1) is 18.1 Å². The fourth-order valence-electron chi connectivity index (χ4n) is 4.68. The molecule has 5 aromatic rings. The van der Waals surface area contributed by atoms with Crippen LogP contribution in [0.4, 0.5) is 5.69 Å². The Bertz CT molecular complexity index is 1520. The first-order valence-corrected chi connectivity index (χ1v) is 12.5. The number of rotatable bonds is 5. The number of benzene rings is 4. The lowest BCUT2D eigenvalue weighted by Crippen LogP contribution is -2.09. The highest BCUT2D eigenvalue weighted by molar-refractivity contribution is 8.00. The van der Waals surface area contributed by atoms with E-state index >= 15 is 0 Å². The van der Waals surface area contributed by atoms with Gasteiger partial charge in [-0.15, -0.1) is 0 Å². The van der Waals surface area contributed by atoms with Crippen LogP contribution in [0, 0.1) is 0 Å². The molecule has 35 heavy (non-hydrogen) atoms. The Morgan fingerprint density at radius 1 is 0.886 bits per heavy atom. The molecule has 0 radical (unpaired) electrons. The third-order valence-corrected chi connectivity index (χ3v) is 7.42. The third kappa shape index (κ3) is 4.09. The van der Waals surface area contributed by atoms with E-state index < -0.39 is 0 Å². The quantitative estimate of drug-likeness (QED) is 0.274. The predicted molar refractivity (Wildman–Crippen MR) is 147 cm³/mol. The van der Waals surface area contributed by atoms with Crippen molar-refractivity contribution in [2.24, 2.45) is 10.7 Å². The molecule has 0 saturated carbocycles. The van der Waals surface area contributed by atoms with Gasteiger partial charge in [-0.2, -0.15) is 0 Å². The van der Waals surface area contributed by atoms with Crippen LogP contribution in [0.3, 0.4) is 0 Å². The Balaban J connectivity index is 1.52. The standard InChI is InChI=1S/C30H24N4S/c31-19-33-28(21-9-2-1-3-10-21)25-16-15-20-8-4-5-13-24(20)27(25)22-11-6-12-23(18-22)29-34-26-14-7-17-32-30(26)35-29/h1-18,29,34H,19,31H2/b33-28-. The second-order valence-electron chi connectivity index (χ2n) is 8.39. The Morgan fingerprint density at radius 3 is 2.60 bits per heavy atom. The molecule has 1 atom stereocenters. The summed E-state index contributed by atoms with van der Waals surface area (Å²) in [6, 6.07) is 36.0. The SMILES string of the molecule is NC/N=C(/c1ccccc1)c1ccc2ccccc2c1-c1cccc(C2Nc3cccnc3S2)c1. The summed E-state index contributed by atoms with van der Waals surface area (Å²) < 4.78 is 0. The van der Waals surface area contributed by atoms with Gasteiger partial charge in [-0.05, 0) is 45.7 Å². The van der Waals surface area contributed by atoms with Crippen molar-refractivity contribution < 1.29 is 0 Å². The monoisotopic (exact) mass is 472 g/mol. The van der Waals surface area contributed by atoms with Crippen LogP contribution in [0.2, 0.25) is 0 Å². The van der Waals surface area contributed by atoms with Crippen molar-refractivity contribution >= 4 is 33.9 Å².